The second kappa shape index (κ2) is 9.37. The first-order valence-corrected chi connectivity index (χ1v) is 9.18. The topological polar surface area (TPSA) is 85.4 Å². The molecule has 1 aliphatic carbocycles. The summed E-state index contributed by atoms with van der Waals surface area (Å²) in [7, 11) is 0. The molecule has 0 aromatic rings. The second-order valence-electron chi connectivity index (χ2n) is 6.93. The van der Waals surface area contributed by atoms with Gasteiger partial charge in [0, 0.05) is 6.42 Å². The van der Waals surface area contributed by atoms with Crippen LogP contribution >= 0.6 is 0 Å². The monoisotopic (exact) mass is 342 g/mol. The van der Waals surface area contributed by atoms with E-state index in [1.807, 2.05) is 13.8 Å². The van der Waals surface area contributed by atoms with E-state index < -0.39 is 0 Å². The Morgan fingerprint density at radius 3 is 2.58 bits per heavy atom. The zero-order valence-corrected chi connectivity index (χ0v) is 14.7. The average Bonchev–Trinajstić information content (AvgIpc) is 3.26. The van der Waals surface area contributed by atoms with Crippen LogP contribution in [0.1, 0.15) is 58.8 Å². The number of rotatable bonds is 9. The van der Waals surface area contributed by atoms with Gasteiger partial charge in [-0.3, -0.25) is 9.59 Å². The van der Waals surface area contributed by atoms with E-state index in [0.717, 1.165) is 32.1 Å². The molecule has 0 amide bonds. The van der Waals surface area contributed by atoms with Crippen molar-refractivity contribution in [2.45, 2.75) is 77.1 Å². The van der Waals surface area contributed by atoms with Crippen LogP contribution in [0.25, 0.3) is 0 Å². The molecule has 2 rings (SSSR count). The number of hydrogen-bond donors (Lipinski definition) is 1. The van der Waals surface area contributed by atoms with Crippen LogP contribution in [0.5, 0.6) is 0 Å². The molecule has 1 saturated heterocycles. The lowest BCUT2D eigenvalue weighted by Crippen LogP contribution is -2.27. The first-order valence-electron chi connectivity index (χ1n) is 9.18. The highest BCUT2D eigenvalue weighted by Crippen LogP contribution is 2.29. The Hall–Kier alpha value is -1.14. The average molecular weight is 342 g/mol. The maximum absolute atomic E-state index is 12.0. The number of hydrogen-bond acceptors (Lipinski definition) is 6. The number of aliphatic hydroxyl groups excluding tert-OH is 1. The summed E-state index contributed by atoms with van der Waals surface area (Å²) < 4.78 is 15.9. The Labute approximate surface area is 143 Å². The van der Waals surface area contributed by atoms with Gasteiger partial charge in [0.2, 0.25) is 0 Å². The quantitative estimate of drug-likeness (QED) is 0.393. The van der Waals surface area contributed by atoms with Gasteiger partial charge in [0.1, 0.15) is 0 Å². The van der Waals surface area contributed by atoms with E-state index in [1.54, 1.807) is 0 Å². The van der Waals surface area contributed by atoms with Crippen LogP contribution in [0.3, 0.4) is 0 Å². The number of carbonyl (C=O) groups excluding carboxylic acids is 2. The van der Waals surface area contributed by atoms with E-state index in [0.29, 0.717) is 12.8 Å². The maximum atomic E-state index is 12.0. The molecular weight excluding hydrogens is 312 g/mol. The SMILES string of the molecule is CCC(CC1OC1C)C(=O)OCCCOC(=O)C1CCC[C@@H](O)C1. The maximum Gasteiger partial charge on any atom is 0.309 e. The van der Waals surface area contributed by atoms with Gasteiger partial charge in [-0.25, -0.2) is 0 Å². The van der Waals surface area contributed by atoms with Gasteiger partial charge in [-0.15, -0.1) is 0 Å². The molecule has 0 aromatic carbocycles. The number of epoxide rings is 1. The third-order valence-corrected chi connectivity index (χ3v) is 4.94. The molecule has 2 fully saturated rings. The molecule has 1 aliphatic heterocycles. The molecule has 6 heteroatoms. The fraction of sp³-hybridized carbons (Fsp3) is 0.889. The van der Waals surface area contributed by atoms with Gasteiger partial charge in [-0.2, -0.15) is 0 Å². The first kappa shape index (κ1) is 19.2. The van der Waals surface area contributed by atoms with E-state index >= 15 is 0 Å². The van der Waals surface area contributed by atoms with Crippen molar-refractivity contribution >= 4 is 11.9 Å². The lowest BCUT2D eigenvalue weighted by Gasteiger charge is -2.24. The normalized spacial score (nSPS) is 30.5. The number of aliphatic hydroxyl groups is 1. The summed E-state index contributed by atoms with van der Waals surface area (Å²) in [5.74, 6) is -0.749. The number of esters is 2. The van der Waals surface area contributed by atoms with Crippen LogP contribution in [0, 0.1) is 11.8 Å². The fourth-order valence-corrected chi connectivity index (χ4v) is 3.21. The minimum atomic E-state index is -0.388. The Kier molecular flexibility index (Phi) is 7.49. The zero-order valence-electron chi connectivity index (χ0n) is 14.7. The smallest absolute Gasteiger partial charge is 0.309 e. The predicted octanol–water partition coefficient (Wildman–Crippen LogP) is 2.22. The largest absolute Gasteiger partial charge is 0.465 e. The van der Waals surface area contributed by atoms with Crippen LogP contribution in [0.15, 0.2) is 0 Å². The van der Waals surface area contributed by atoms with Crippen LogP contribution < -0.4 is 0 Å². The highest BCUT2D eigenvalue weighted by atomic mass is 16.6. The van der Waals surface area contributed by atoms with Crippen molar-refractivity contribution in [2.75, 3.05) is 13.2 Å². The zero-order chi connectivity index (χ0) is 17.5. The van der Waals surface area contributed by atoms with E-state index in [-0.39, 0.29) is 55.3 Å². The molecule has 1 saturated carbocycles. The van der Waals surface area contributed by atoms with Crippen molar-refractivity contribution in [1.29, 1.82) is 0 Å². The molecule has 6 nitrogen and oxygen atoms in total. The molecule has 138 valence electrons. The number of ether oxygens (including phenoxy) is 3. The van der Waals surface area contributed by atoms with Gasteiger partial charge in [-0.05, 0) is 39.0 Å². The fourth-order valence-electron chi connectivity index (χ4n) is 3.21. The van der Waals surface area contributed by atoms with Crippen LogP contribution in [-0.4, -0.2) is 48.6 Å². The molecule has 5 atom stereocenters. The van der Waals surface area contributed by atoms with Gasteiger partial charge in [0.15, 0.2) is 0 Å². The summed E-state index contributed by atoms with van der Waals surface area (Å²) >= 11 is 0. The van der Waals surface area contributed by atoms with Crippen molar-refractivity contribution < 1.29 is 28.9 Å². The molecule has 0 aromatic heterocycles. The van der Waals surface area contributed by atoms with E-state index in [2.05, 4.69) is 0 Å². The summed E-state index contributed by atoms with van der Waals surface area (Å²) in [5, 5.41) is 9.58. The van der Waals surface area contributed by atoms with Crippen molar-refractivity contribution in [2.24, 2.45) is 11.8 Å². The Balaban J connectivity index is 1.55. The summed E-state index contributed by atoms with van der Waals surface area (Å²) in [5.41, 5.74) is 0. The van der Waals surface area contributed by atoms with Crippen LogP contribution in [0.4, 0.5) is 0 Å². The highest BCUT2D eigenvalue weighted by molar-refractivity contribution is 5.73. The molecule has 2 aliphatic rings. The van der Waals surface area contributed by atoms with Gasteiger partial charge < -0.3 is 19.3 Å². The summed E-state index contributed by atoms with van der Waals surface area (Å²) in [4.78, 5) is 23.9. The third-order valence-electron chi connectivity index (χ3n) is 4.94. The predicted molar refractivity (Wildman–Crippen MR) is 87.2 cm³/mol. The standard InChI is InChI=1S/C18H30O6/c1-3-13(11-16-12(2)24-16)17(20)22-8-5-9-23-18(21)14-6-4-7-15(19)10-14/h12-16,19H,3-11H2,1-2H3/t12?,13?,14?,15-,16?/m1/s1. The molecule has 1 heterocycles. The lowest BCUT2D eigenvalue weighted by molar-refractivity contribution is -0.153. The van der Waals surface area contributed by atoms with Crippen LogP contribution in [0.2, 0.25) is 0 Å². The van der Waals surface area contributed by atoms with Crippen molar-refractivity contribution in [3.8, 4) is 0 Å². The minimum absolute atomic E-state index is 0.119. The molecule has 1 N–H and O–H groups in total. The molecular formula is C18H30O6. The van der Waals surface area contributed by atoms with Crippen LogP contribution in [-0.2, 0) is 23.8 Å². The van der Waals surface area contributed by atoms with Gasteiger partial charge >= 0.3 is 11.9 Å². The van der Waals surface area contributed by atoms with E-state index in [9.17, 15) is 14.7 Å². The van der Waals surface area contributed by atoms with Gasteiger partial charge in [0.25, 0.3) is 0 Å². The number of carbonyl (C=O) groups is 2. The van der Waals surface area contributed by atoms with Gasteiger partial charge in [-0.1, -0.05) is 13.3 Å². The van der Waals surface area contributed by atoms with E-state index in [1.165, 1.54) is 0 Å². The third kappa shape index (κ3) is 6.06. The summed E-state index contributed by atoms with van der Waals surface area (Å²) in [6, 6.07) is 0. The molecule has 24 heavy (non-hydrogen) atoms. The van der Waals surface area contributed by atoms with Crippen molar-refractivity contribution in [3.05, 3.63) is 0 Å². The molecule has 0 bridgehead atoms. The second-order valence-corrected chi connectivity index (χ2v) is 6.93. The summed E-state index contributed by atoms with van der Waals surface area (Å²) in [6.45, 7) is 4.48. The van der Waals surface area contributed by atoms with Crippen molar-refractivity contribution in [3.63, 3.8) is 0 Å². The van der Waals surface area contributed by atoms with Gasteiger partial charge in [0.05, 0.1) is 43.4 Å². The Morgan fingerprint density at radius 2 is 1.96 bits per heavy atom. The Morgan fingerprint density at radius 1 is 1.25 bits per heavy atom. The molecule has 4 unspecified atom stereocenters. The first-order chi connectivity index (χ1) is 11.5. The Bertz CT molecular complexity index is 424. The minimum Gasteiger partial charge on any atom is -0.465 e. The molecule has 0 spiro atoms. The highest BCUT2D eigenvalue weighted by Gasteiger charge is 2.37. The van der Waals surface area contributed by atoms with E-state index in [4.69, 9.17) is 14.2 Å². The summed E-state index contributed by atoms with van der Waals surface area (Å²) in [6.07, 6.45) is 4.92. The molecule has 0 radical (unpaired) electrons. The lowest BCUT2D eigenvalue weighted by atomic mass is 9.87. The van der Waals surface area contributed by atoms with Crippen molar-refractivity contribution in [1.82, 2.24) is 0 Å².